The molecule has 3 N–H and O–H groups in total. The van der Waals surface area contributed by atoms with Crippen LogP contribution in [0.15, 0.2) is 52.9 Å². The summed E-state index contributed by atoms with van der Waals surface area (Å²) in [6.45, 7) is 3.58. The van der Waals surface area contributed by atoms with E-state index in [4.69, 9.17) is 5.11 Å². The number of sulfonamides is 1. The molecule has 0 aromatic heterocycles. The second-order valence-corrected chi connectivity index (χ2v) is 10.2. The summed E-state index contributed by atoms with van der Waals surface area (Å²) in [5.74, 6) is -1.85. The Balaban J connectivity index is 1.75. The minimum atomic E-state index is -3.75. The van der Waals surface area contributed by atoms with Crippen LogP contribution >= 0.6 is 0 Å². The maximum Gasteiger partial charge on any atom is 0.322 e. The molecule has 0 radical (unpaired) electrons. The lowest BCUT2D eigenvalue weighted by atomic mass is 9.77. The first-order valence-electron chi connectivity index (χ1n) is 10.8. The van der Waals surface area contributed by atoms with E-state index in [1.54, 1.807) is 6.07 Å². The smallest absolute Gasteiger partial charge is 0.322 e. The van der Waals surface area contributed by atoms with E-state index in [1.807, 2.05) is 13.8 Å². The van der Waals surface area contributed by atoms with Gasteiger partial charge in [0.05, 0.1) is 4.90 Å². The number of hydrogen-bond acceptors (Lipinski definition) is 4. The fourth-order valence-corrected chi connectivity index (χ4v) is 5.67. The summed E-state index contributed by atoms with van der Waals surface area (Å²) in [4.78, 5) is 11.0. The predicted molar refractivity (Wildman–Crippen MR) is 123 cm³/mol. The number of hydrogen-bond donors (Lipinski definition) is 3. The standard InChI is InChI=1S/C24H28F2N2O4S/c1-15(2)24(21-13-18(26)7-12-22(21)27-14-23(29)30)16-3-8-19(9-4-16)28-33(31,32)20-10-5-17(25)6-11-20/h5-7,10-13,16,19,27-28H,3-4,8-9,14H2,1-2H3,(H,29,30). The van der Waals surface area contributed by atoms with Gasteiger partial charge < -0.3 is 10.4 Å². The Hall–Kier alpha value is -2.78. The van der Waals surface area contributed by atoms with Crippen LogP contribution in [0.5, 0.6) is 0 Å². The fourth-order valence-electron chi connectivity index (χ4n) is 4.36. The topological polar surface area (TPSA) is 95.5 Å². The Morgan fingerprint density at radius 3 is 2.18 bits per heavy atom. The van der Waals surface area contributed by atoms with Gasteiger partial charge in [-0.2, -0.15) is 0 Å². The normalized spacial score (nSPS) is 18.5. The fraction of sp³-hybridized carbons (Fsp3) is 0.375. The minimum Gasteiger partial charge on any atom is -0.480 e. The van der Waals surface area contributed by atoms with Crippen molar-refractivity contribution in [3.05, 3.63) is 65.2 Å². The van der Waals surface area contributed by atoms with Gasteiger partial charge >= 0.3 is 5.97 Å². The highest BCUT2D eigenvalue weighted by molar-refractivity contribution is 7.89. The molecular weight excluding hydrogens is 450 g/mol. The van der Waals surface area contributed by atoms with Gasteiger partial charge in [-0.15, -0.1) is 0 Å². The molecule has 2 aromatic rings. The van der Waals surface area contributed by atoms with Crippen LogP contribution in [0.1, 0.15) is 45.1 Å². The average Bonchev–Trinajstić information content (AvgIpc) is 2.74. The zero-order chi connectivity index (χ0) is 24.2. The van der Waals surface area contributed by atoms with E-state index in [-0.39, 0.29) is 23.4 Å². The van der Waals surface area contributed by atoms with E-state index in [1.165, 1.54) is 24.3 Å². The molecule has 0 spiro atoms. The Labute approximate surface area is 192 Å². The predicted octanol–water partition coefficient (Wildman–Crippen LogP) is 4.79. The van der Waals surface area contributed by atoms with Gasteiger partial charge in [0.15, 0.2) is 0 Å². The summed E-state index contributed by atoms with van der Waals surface area (Å²) < 4.78 is 55.2. The molecule has 6 nitrogen and oxygen atoms in total. The Kier molecular flexibility index (Phi) is 7.86. The Morgan fingerprint density at radius 1 is 1.00 bits per heavy atom. The van der Waals surface area contributed by atoms with E-state index in [2.05, 4.69) is 10.0 Å². The van der Waals surface area contributed by atoms with Crippen molar-refractivity contribution < 1.29 is 27.1 Å². The monoisotopic (exact) mass is 478 g/mol. The molecule has 0 atom stereocenters. The van der Waals surface area contributed by atoms with Crippen molar-refractivity contribution in [1.82, 2.24) is 4.72 Å². The van der Waals surface area contributed by atoms with Crippen molar-refractivity contribution in [2.75, 3.05) is 11.9 Å². The SMILES string of the molecule is CC(C)=C(c1cc(F)ccc1NCC(=O)O)C1CCC(NS(=O)(=O)c2ccc(F)cc2)CC1. The molecule has 0 amide bonds. The molecule has 2 aromatic carbocycles. The highest BCUT2D eigenvalue weighted by atomic mass is 32.2. The van der Waals surface area contributed by atoms with Crippen molar-refractivity contribution in [3.8, 4) is 0 Å². The second kappa shape index (κ2) is 10.4. The zero-order valence-corrected chi connectivity index (χ0v) is 19.4. The van der Waals surface area contributed by atoms with Crippen LogP contribution in [0.4, 0.5) is 14.5 Å². The van der Waals surface area contributed by atoms with E-state index < -0.39 is 27.6 Å². The molecule has 0 bridgehead atoms. The summed E-state index contributed by atoms with van der Waals surface area (Å²) in [5.41, 5.74) is 3.12. The number of carbonyl (C=O) groups is 1. The van der Waals surface area contributed by atoms with Gasteiger partial charge in [-0.1, -0.05) is 5.57 Å². The first-order valence-corrected chi connectivity index (χ1v) is 12.3. The number of rotatable bonds is 8. The van der Waals surface area contributed by atoms with Gasteiger partial charge in [0.1, 0.15) is 18.2 Å². The molecule has 1 aliphatic rings. The minimum absolute atomic E-state index is 0.0184. The molecule has 1 fully saturated rings. The molecule has 9 heteroatoms. The van der Waals surface area contributed by atoms with Crippen molar-refractivity contribution in [2.24, 2.45) is 5.92 Å². The number of anilines is 1. The Bertz CT molecular complexity index is 1140. The molecule has 0 saturated heterocycles. The summed E-state index contributed by atoms with van der Waals surface area (Å²) in [6.07, 6.45) is 2.56. The molecule has 178 valence electrons. The molecule has 1 saturated carbocycles. The second-order valence-electron chi connectivity index (χ2n) is 8.47. The zero-order valence-electron chi connectivity index (χ0n) is 18.6. The quantitative estimate of drug-likeness (QED) is 0.507. The van der Waals surface area contributed by atoms with Crippen LogP contribution in [0, 0.1) is 17.6 Å². The van der Waals surface area contributed by atoms with Crippen LogP contribution in [0.2, 0.25) is 0 Å². The van der Waals surface area contributed by atoms with E-state index in [0.717, 1.165) is 23.3 Å². The molecule has 0 unspecified atom stereocenters. The van der Waals surface area contributed by atoms with Crippen molar-refractivity contribution in [2.45, 2.75) is 50.5 Å². The molecule has 0 aliphatic heterocycles. The summed E-state index contributed by atoms with van der Waals surface area (Å²) in [7, 11) is -3.75. The summed E-state index contributed by atoms with van der Waals surface area (Å²) in [5, 5.41) is 11.9. The summed E-state index contributed by atoms with van der Waals surface area (Å²) in [6, 6.07) is 8.68. The van der Waals surface area contributed by atoms with Crippen LogP contribution in [-0.4, -0.2) is 32.1 Å². The number of aliphatic carboxylic acids is 1. The third kappa shape index (κ3) is 6.39. The lowest BCUT2D eigenvalue weighted by molar-refractivity contribution is -0.134. The molecular formula is C24H28F2N2O4S. The lowest BCUT2D eigenvalue weighted by Crippen LogP contribution is -2.37. The van der Waals surface area contributed by atoms with Gasteiger partial charge in [-0.25, -0.2) is 21.9 Å². The van der Waals surface area contributed by atoms with Crippen molar-refractivity contribution in [3.63, 3.8) is 0 Å². The van der Waals surface area contributed by atoms with Gasteiger partial charge in [0.2, 0.25) is 10.0 Å². The van der Waals surface area contributed by atoms with E-state index in [9.17, 15) is 22.0 Å². The third-order valence-electron chi connectivity index (χ3n) is 5.82. The van der Waals surface area contributed by atoms with Crippen LogP contribution in [-0.2, 0) is 14.8 Å². The number of halogens is 2. The first-order chi connectivity index (χ1) is 15.6. The van der Waals surface area contributed by atoms with Crippen LogP contribution in [0.25, 0.3) is 5.57 Å². The van der Waals surface area contributed by atoms with Crippen molar-refractivity contribution >= 4 is 27.3 Å². The number of carboxylic acid groups (broad SMARTS) is 1. The largest absolute Gasteiger partial charge is 0.480 e. The number of carboxylic acids is 1. The maximum atomic E-state index is 14.1. The van der Waals surface area contributed by atoms with Crippen molar-refractivity contribution in [1.29, 1.82) is 0 Å². The van der Waals surface area contributed by atoms with Gasteiger partial charge in [-0.3, -0.25) is 4.79 Å². The van der Waals surface area contributed by atoms with Gasteiger partial charge in [-0.05, 0) is 93.5 Å². The highest BCUT2D eigenvalue weighted by Gasteiger charge is 2.29. The van der Waals surface area contributed by atoms with Crippen LogP contribution in [0.3, 0.4) is 0 Å². The number of allylic oxidation sites excluding steroid dienone is 2. The first kappa shape index (κ1) is 24.9. The maximum absolute atomic E-state index is 14.1. The third-order valence-corrected chi connectivity index (χ3v) is 7.36. The molecule has 0 heterocycles. The van der Waals surface area contributed by atoms with E-state index >= 15 is 0 Å². The highest BCUT2D eigenvalue weighted by Crippen LogP contribution is 2.40. The Morgan fingerprint density at radius 2 is 1.61 bits per heavy atom. The van der Waals surface area contributed by atoms with E-state index in [0.29, 0.717) is 36.9 Å². The molecule has 1 aliphatic carbocycles. The average molecular weight is 479 g/mol. The molecule has 33 heavy (non-hydrogen) atoms. The lowest BCUT2D eigenvalue weighted by Gasteiger charge is -2.32. The van der Waals surface area contributed by atoms with Gasteiger partial charge in [0, 0.05) is 17.3 Å². The number of nitrogens with one attached hydrogen (secondary N) is 2. The van der Waals surface area contributed by atoms with Crippen LogP contribution < -0.4 is 10.0 Å². The summed E-state index contributed by atoms with van der Waals surface area (Å²) >= 11 is 0. The number of benzene rings is 2. The molecule has 3 rings (SSSR count). The van der Waals surface area contributed by atoms with Gasteiger partial charge in [0.25, 0.3) is 0 Å².